The highest BCUT2D eigenvalue weighted by Gasteiger charge is 2.27. The van der Waals surface area contributed by atoms with Gasteiger partial charge in [0.2, 0.25) is 0 Å². The number of pyridine rings is 1. The Morgan fingerprint density at radius 3 is 2.50 bits per heavy atom. The first kappa shape index (κ1) is 19.0. The predicted octanol–water partition coefficient (Wildman–Crippen LogP) is 3.30. The summed E-state index contributed by atoms with van der Waals surface area (Å²) in [5.41, 5.74) is 0.874. The first-order valence-corrected chi connectivity index (χ1v) is 9.80. The van der Waals surface area contributed by atoms with Gasteiger partial charge in [0, 0.05) is 38.4 Å². The second-order valence-corrected chi connectivity index (χ2v) is 8.19. The van der Waals surface area contributed by atoms with Crippen molar-refractivity contribution in [2.75, 3.05) is 44.2 Å². The molecule has 3 heterocycles. The Hall–Kier alpha value is -1.82. The number of ether oxygens (including phenoxy) is 1. The van der Waals surface area contributed by atoms with Crippen molar-refractivity contribution in [2.45, 2.75) is 52.2 Å². The van der Waals surface area contributed by atoms with Gasteiger partial charge in [-0.25, -0.2) is 9.78 Å². The number of amides is 1. The third kappa shape index (κ3) is 4.47. The minimum atomic E-state index is -0.446. The van der Waals surface area contributed by atoms with Crippen LogP contribution in [0.4, 0.5) is 10.6 Å². The summed E-state index contributed by atoms with van der Waals surface area (Å²) < 4.78 is 5.46. The van der Waals surface area contributed by atoms with Gasteiger partial charge in [-0.15, -0.1) is 0 Å². The van der Waals surface area contributed by atoms with Gasteiger partial charge in [0.1, 0.15) is 11.4 Å². The van der Waals surface area contributed by atoms with E-state index in [2.05, 4.69) is 28.9 Å². The molecule has 2 aliphatic rings. The van der Waals surface area contributed by atoms with Crippen LogP contribution in [-0.4, -0.2) is 65.7 Å². The summed E-state index contributed by atoms with van der Waals surface area (Å²) in [6.45, 7) is 13.1. The molecule has 26 heavy (non-hydrogen) atoms. The molecule has 2 fully saturated rings. The molecule has 2 aliphatic heterocycles. The van der Waals surface area contributed by atoms with E-state index in [-0.39, 0.29) is 6.09 Å². The number of hydrogen-bond donors (Lipinski definition) is 0. The van der Waals surface area contributed by atoms with E-state index in [1.807, 2.05) is 27.0 Å². The molecule has 0 N–H and O–H groups in total. The molecule has 6 nitrogen and oxygen atoms in total. The monoisotopic (exact) mass is 360 g/mol. The molecule has 2 saturated heterocycles. The second-order valence-electron chi connectivity index (χ2n) is 8.19. The molecule has 1 amide bonds. The van der Waals surface area contributed by atoms with Gasteiger partial charge in [0.25, 0.3) is 0 Å². The van der Waals surface area contributed by atoms with Gasteiger partial charge in [-0.3, -0.25) is 4.90 Å². The van der Waals surface area contributed by atoms with E-state index in [9.17, 15) is 4.79 Å². The molecule has 0 aliphatic carbocycles. The van der Waals surface area contributed by atoms with E-state index in [1.54, 1.807) is 4.90 Å². The van der Waals surface area contributed by atoms with Crippen LogP contribution in [0.25, 0.3) is 0 Å². The first-order chi connectivity index (χ1) is 12.4. The smallest absolute Gasteiger partial charge is 0.410 e. The SMILES string of the molecule is CCN1CCCC1c1ccc(N2CCN(C(=O)OC(C)(C)C)CC2)nc1. The number of piperazine rings is 1. The summed E-state index contributed by atoms with van der Waals surface area (Å²) in [6.07, 6.45) is 4.31. The number of likely N-dealkylation sites (tertiary alicyclic amines) is 1. The fourth-order valence-corrected chi connectivity index (χ4v) is 3.81. The Kier molecular flexibility index (Phi) is 5.70. The lowest BCUT2D eigenvalue weighted by Gasteiger charge is -2.36. The quantitative estimate of drug-likeness (QED) is 0.828. The van der Waals surface area contributed by atoms with E-state index in [0.29, 0.717) is 19.1 Å². The summed E-state index contributed by atoms with van der Waals surface area (Å²) in [4.78, 5) is 23.4. The van der Waals surface area contributed by atoms with Crippen LogP contribution in [0.3, 0.4) is 0 Å². The van der Waals surface area contributed by atoms with Gasteiger partial charge in [0.15, 0.2) is 0 Å². The number of rotatable bonds is 3. The van der Waals surface area contributed by atoms with Crippen molar-refractivity contribution >= 4 is 11.9 Å². The highest BCUT2D eigenvalue weighted by atomic mass is 16.6. The van der Waals surface area contributed by atoms with Gasteiger partial charge < -0.3 is 14.5 Å². The van der Waals surface area contributed by atoms with E-state index < -0.39 is 5.60 Å². The molecular weight excluding hydrogens is 328 g/mol. The van der Waals surface area contributed by atoms with E-state index in [1.165, 1.54) is 24.9 Å². The number of hydrogen-bond acceptors (Lipinski definition) is 5. The van der Waals surface area contributed by atoms with Crippen molar-refractivity contribution in [3.63, 3.8) is 0 Å². The minimum Gasteiger partial charge on any atom is -0.444 e. The standard InChI is InChI=1S/C20H32N4O2/c1-5-22-10-6-7-17(22)16-8-9-18(21-15-16)23-11-13-24(14-12-23)19(25)26-20(2,3)4/h8-9,15,17H,5-7,10-14H2,1-4H3. The van der Waals surface area contributed by atoms with Gasteiger partial charge >= 0.3 is 6.09 Å². The topological polar surface area (TPSA) is 48.9 Å². The van der Waals surface area contributed by atoms with Crippen molar-refractivity contribution in [1.82, 2.24) is 14.8 Å². The molecule has 3 rings (SSSR count). The van der Waals surface area contributed by atoms with Crippen LogP contribution in [0.1, 0.15) is 52.1 Å². The summed E-state index contributed by atoms with van der Waals surface area (Å²) in [6, 6.07) is 4.87. The number of carbonyl (C=O) groups excluding carboxylic acids is 1. The molecule has 0 bridgehead atoms. The molecule has 6 heteroatoms. The zero-order valence-corrected chi connectivity index (χ0v) is 16.6. The van der Waals surface area contributed by atoms with Crippen molar-refractivity contribution in [3.8, 4) is 0 Å². The molecule has 144 valence electrons. The Balaban J connectivity index is 1.56. The van der Waals surface area contributed by atoms with Crippen molar-refractivity contribution in [3.05, 3.63) is 23.9 Å². The van der Waals surface area contributed by atoms with Gasteiger partial charge in [-0.05, 0) is 58.3 Å². The molecule has 1 atom stereocenters. The third-order valence-corrected chi connectivity index (χ3v) is 5.18. The van der Waals surface area contributed by atoms with Crippen LogP contribution in [0.2, 0.25) is 0 Å². The van der Waals surface area contributed by atoms with E-state index in [4.69, 9.17) is 9.72 Å². The fraction of sp³-hybridized carbons (Fsp3) is 0.700. The second kappa shape index (κ2) is 7.82. The zero-order chi connectivity index (χ0) is 18.7. The lowest BCUT2D eigenvalue weighted by molar-refractivity contribution is 0.0240. The van der Waals surface area contributed by atoms with Crippen molar-refractivity contribution in [1.29, 1.82) is 0 Å². The maximum Gasteiger partial charge on any atom is 0.410 e. The molecule has 0 aromatic carbocycles. The zero-order valence-electron chi connectivity index (χ0n) is 16.6. The number of aromatic nitrogens is 1. The summed E-state index contributed by atoms with van der Waals surface area (Å²) >= 11 is 0. The van der Waals surface area contributed by atoms with Crippen molar-refractivity contribution in [2.24, 2.45) is 0 Å². The fourth-order valence-electron chi connectivity index (χ4n) is 3.81. The lowest BCUT2D eigenvalue weighted by Crippen LogP contribution is -2.50. The van der Waals surface area contributed by atoms with Gasteiger partial charge in [0.05, 0.1) is 0 Å². The predicted molar refractivity (Wildman–Crippen MR) is 103 cm³/mol. The summed E-state index contributed by atoms with van der Waals surface area (Å²) in [5.74, 6) is 0.999. The normalized spacial score (nSPS) is 21.9. The molecule has 1 aromatic heterocycles. The number of nitrogens with zero attached hydrogens (tertiary/aromatic N) is 4. The highest BCUT2D eigenvalue weighted by molar-refractivity contribution is 5.68. The highest BCUT2D eigenvalue weighted by Crippen LogP contribution is 2.31. The molecule has 0 spiro atoms. The molecule has 1 unspecified atom stereocenters. The summed E-state index contributed by atoms with van der Waals surface area (Å²) in [7, 11) is 0. The maximum absolute atomic E-state index is 12.2. The Morgan fingerprint density at radius 2 is 1.92 bits per heavy atom. The van der Waals surface area contributed by atoms with Crippen molar-refractivity contribution < 1.29 is 9.53 Å². The molecule has 0 saturated carbocycles. The van der Waals surface area contributed by atoms with Gasteiger partial charge in [-0.1, -0.05) is 13.0 Å². The lowest BCUT2D eigenvalue weighted by atomic mass is 10.1. The molecular formula is C20H32N4O2. The van der Waals surface area contributed by atoms with E-state index >= 15 is 0 Å². The van der Waals surface area contributed by atoms with Crippen LogP contribution < -0.4 is 4.90 Å². The Bertz CT molecular complexity index is 603. The van der Waals surface area contributed by atoms with Crippen LogP contribution in [0.15, 0.2) is 18.3 Å². The maximum atomic E-state index is 12.2. The third-order valence-electron chi connectivity index (χ3n) is 5.18. The van der Waals surface area contributed by atoms with Crippen LogP contribution in [-0.2, 0) is 4.74 Å². The van der Waals surface area contributed by atoms with Crippen LogP contribution >= 0.6 is 0 Å². The van der Waals surface area contributed by atoms with Crippen LogP contribution in [0.5, 0.6) is 0 Å². The average molecular weight is 361 g/mol. The Labute approximate surface area is 157 Å². The van der Waals surface area contributed by atoms with E-state index in [0.717, 1.165) is 25.5 Å². The summed E-state index contributed by atoms with van der Waals surface area (Å²) in [5, 5.41) is 0. The average Bonchev–Trinajstić information content (AvgIpc) is 3.09. The van der Waals surface area contributed by atoms with Crippen LogP contribution in [0, 0.1) is 0 Å². The number of anilines is 1. The Morgan fingerprint density at radius 1 is 1.19 bits per heavy atom. The largest absolute Gasteiger partial charge is 0.444 e. The van der Waals surface area contributed by atoms with Gasteiger partial charge in [-0.2, -0.15) is 0 Å². The number of carbonyl (C=O) groups is 1. The first-order valence-electron chi connectivity index (χ1n) is 9.80. The minimum absolute atomic E-state index is 0.221. The molecule has 1 aromatic rings. The molecule has 0 radical (unpaired) electrons.